The molecule has 0 bridgehead atoms. The normalized spacial score (nSPS) is 10.9. The molecule has 6 nitrogen and oxygen atoms in total. The minimum Gasteiger partial charge on any atom is -0.456 e. The third-order valence-electron chi connectivity index (χ3n) is 2.56. The summed E-state index contributed by atoms with van der Waals surface area (Å²) in [5, 5.41) is -1.28. The molecule has 0 spiro atoms. The number of hydrogen-bond acceptors (Lipinski definition) is 6. The van der Waals surface area contributed by atoms with E-state index in [1.807, 2.05) is 6.92 Å². The fraction of sp³-hybridized carbons (Fsp3) is 0.429. The number of ether oxygens (including phenoxy) is 1. The molecule has 0 atom stereocenters. The Morgan fingerprint density at radius 2 is 1.76 bits per heavy atom. The van der Waals surface area contributed by atoms with E-state index in [-0.39, 0.29) is 12.2 Å². The summed E-state index contributed by atoms with van der Waals surface area (Å²) < 4.78 is 32.5. The lowest BCUT2D eigenvalue weighted by Crippen LogP contribution is -2.26. The van der Waals surface area contributed by atoms with Crippen molar-refractivity contribution in [3.05, 3.63) is 30.3 Å². The Morgan fingerprint density at radius 1 is 1.10 bits per heavy atom. The molecule has 0 fully saturated rings. The van der Waals surface area contributed by atoms with Gasteiger partial charge in [0.15, 0.2) is 6.61 Å². The average Bonchev–Trinajstić information content (AvgIpc) is 2.45. The lowest BCUT2D eigenvalue weighted by Gasteiger charge is -2.06. The van der Waals surface area contributed by atoms with Crippen LogP contribution >= 0.6 is 0 Å². The number of para-hydroxylation sites is 1. The second-order valence-electron chi connectivity index (χ2n) is 4.34. The van der Waals surface area contributed by atoms with E-state index in [0.717, 1.165) is 12.8 Å². The van der Waals surface area contributed by atoms with Gasteiger partial charge in [-0.05, 0) is 18.6 Å². The van der Waals surface area contributed by atoms with Crippen molar-refractivity contribution < 1.29 is 26.9 Å². The van der Waals surface area contributed by atoms with Crippen LogP contribution in [0.2, 0.25) is 0 Å². The average molecular weight is 314 g/mol. The van der Waals surface area contributed by atoms with Crippen molar-refractivity contribution in [2.24, 2.45) is 0 Å². The monoisotopic (exact) mass is 314 g/mol. The molecule has 21 heavy (non-hydrogen) atoms. The predicted molar refractivity (Wildman–Crippen MR) is 76.1 cm³/mol. The quantitative estimate of drug-likeness (QED) is 0.414. The molecule has 0 aliphatic heterocycles. The molecule has 0 heterocycles. The van der Waals surface area contributed by atoms with Gasteiger partial charge in [0.2, 0.25) is 0 Å². The molecule has 1 aromatic rings. The number of unbranched alkanes of at least 4 members (excludes halogenated alkanes) is 2. The van der Waals surface area contributed by atoms with Gasteiger partial charge in [-0.15, -0.1) is 0 Å². The van der Waals surface area contributed by atoms with Gasteiger partial charge >= 0.3 is 21.2 Å². The number of esters is 1. The zero-order valence-corrected chi connectivity index (χ0v) is 12.6. The Bertz CT molecular complexity index is 564. The molecular weight excluding hydrogens is 296 g/mol. The smallest absolute Gasteiger partial charge is 0.377 e. The standard InChI is InChI=1S/C14H18O6S/c1-2-3-5-10-13(15)19-11-14(16)21(17,18)20-12-8-6-4-7-9-12/h4,6-9H,2-3,5,10-11H2,1H3. The largest absolute Gasteiger partial charge is 0.456 e. The Kier molecular flexibility index (Phi) is 6.87. The number of carbonyl (C=O) groups excluding carboxylic acids is 2. The highest BCUT2D eigenvalue weighted by atomic mass is 32.2. The van der Waals surface area contributed by atoms with E-state index in [0.29, 0.717) is 6.42 Å². The zero-order chi connectivity index (χ0) is 15.7. The summed E-state index contributed by atoms with van der Waals surface area (Å²) >= 11 is 0. The molecular formula is C14H18O6S. The molecule has 0 aliphatic carbocycles. The summed E-state index contributed by atoms with van der Waals surface area (Å²) in [7, 11) is -4.45. The molecule has 0 N–H and O–H groups in total. The third kappa shape index (κ3) is 6.40. The van der Waals surface area contributed by atoms with Gasteiger partial charge in [-0.1, -0.05) is 38.0 Å². The Balaban J connectivity index is 2.45. The fourth-order valence-electron chi connectivity index (χ4n) is 1.45. The molecule has 7 heteroatoms. The van der Waals surface area contributed by atoms with Crippen LogP contribution in [0.4, 0.5) is 0 Å². The Hall–Kier alpha value is -1.89. The molecule has 116 valence electrons. The number of carbonyl (C=O) groups is 2. The summed E-state index contributed by atoms with van der Waals surface area (Å²) in [5.41, 5.74) is 0. The third-order valence-corrected chi connectivity index (χ3v) is 3.65. The first kappa shape index (κ1) is 17.2. The van der Waals surface area contributed by atoms with Gasteiger partial charge in [-0.25, -0.2) is 0 Å². The lowest BCUT2D eigenvalue weighted by atomic mass is 10.2. The molecule has 0 unspecified atom stereocenters. The van der Waals surface area contributed by atoms with Crippen molar-refractivity contribution in [1.82, 2.24) is 0 Å². The first-order valence-corrected chi connectivity index (χ1v) is 8.04. The van der Waals surface area contributed by atoms with E-state index in [4.69, 9.17) is 0 Å². The summed E-state index contributed by atoms with van der Waals surface area (Å²) in [6, 6.07) is 7.63. The highest BCUT2D eigenvalue weighted by molar-refractivity contribution is 8.02. The van der Waals surface area contributed by atoms with Crippen LogP contribution in [0.5, 0.6) is 5.75 Å². The van der Waals surface area contributed by atoms with Crippen LogP contribution in [0.1, 0.15) is 32.6 Å². The van der Waals surface area contributed by atoms with Crippen molar-refractivity contribution in [3.63, 3.8) is 0 Å². The number of rotatable bonds is 8. The van der Waals surface area contributed by atoms with E-state index in [1.165, 1.54) is 12.1 Å². The second-order valence-corrected chi connectivity index (χ2v) is 5.87. The van der Waals surface area contributed by atoms with Crippen LogP contribution in [-0.2, 0) is 24.4 Å². The molecule has 0 aliphatic rings. The highest BCUT2D eigenvalue weighted by Gasteiger charge is 2.25. The van der Waals surface area contributed by atoms with Gasteiger partial charge in [-0.2, -0.15) is 8.42 Å². The topological polar surface area (TPSA) is 86.7 Å². The van der Waals surface area contributed by atoms with Gasteiger partial charge in [0, 0.05) is 6.42 Å². The van der Waals surface area contributed by atoms with Crippen LogP contribution in [0.15, 0.2) is 30.3 Å². The number of hydrogen-bond donors (Lipinski definition) is 0. The fourth-order valence-corrected chi connectivity index (χ4v) is 2.11. The summed E-state index contributed by atoms with van der Waals surface area (Å²) in [6.07, 6.45) is 2.64. The van der Waals surface area contributed by atoms with Crippen LogP contribution in [0.25, 0.3) is 0 Å². The van der Waals surface area contributed by atoms with E-state index < -0.39 is 27.8 Å². The highest BCUT2D eigenvalue weighted by Crippen LogP contribution is 2.12. The maximum absolute atomic E-state index is 11.6. The molecule has 0 saturated heterocycles. The minimum absolute atomic E-state index is 0.0279. The van der Waals surface area contributed by atoms with Gasteiger partial charge in [0.05, 0.1) is 0 Å². The molecule has 1 rings (SSSR count). The van der Waals surface area contributed by atoms with Gasteiger partial charge in [0.1, 0.15) is 5.75 Å². The maximum Gasteiger partial charge on any atom is 0.377 e. The summed E-state index contributed by atoms with van der Waals surface area (Å²) in [4.78, 5) is 22.8. The van der Waals surface area contributed by atoms with Crippen LogP contribution < -0.4 is 4.18 Å². The predicted octanol–water partition coefficient (Wildman–Crippen LogP) is 2.05. The van der Waals surface area contributed by atoms with Crippen LogP contribution in [-0.4, -0.2) is 26.1 Å². The van der Waals surface area contributed by atoms with Gasteiger partial charge in [0.25, 0.3) is 0 Å². The maximum atomic E-state index is 11.6. The zero-order valence-electron chi connectivity index (χ0n) is 11.8. The van der Waals surface area contributed by atoms with E-state index in [1.54, 1.807) is 18.2 Å². The van der Waals surface area contributed by atoms with Crippen LogP contribution in [0.3, 0.4) is 0 Å². The van der Waals surface area contributed by atoms with Crippen molar-refractivity contribution in [2.75, 3.05) is 6.61 Å². The molecule has 0 amide bonds. The number of benzene rings is 1. The Morgan fingerprint density at radius 3 is 2.38 bits per heavy atom. The summed E-state index contributed by atoms with van der Waals surface area (Å²) in [5.74, 6) is -0.563. The van der Waals surface area contributed by atoms with Gasteiger partial charge in [-0.3, -0.25) is 9.59 Å². The SMILES string of the molecule is CCCCCC(=O)OCC(=O)S(=O)(=O)Oc1ccccc1. The van der Waals surface area contributed by atoms with E-state index >= 15 is 0 Å². The van der Waals surface area contributed by atoms with E-state index in [9.17, 15) is 18.0 Å². The lowest BCUT2D eigenvalue weighted by molar-refractivity contribution is -0.146. The second kappa shape index (κ2) is 8.41. The molecule has 1 aromatic carbocycles. The van der Waals surface area contributed by atoms with Crippen molar-refractivity contribution in [1.29, 1.82) is 0 Å². The van der Waals surface area contributed by atoms with Crippen molar-refractivity contribution in [3.8, 4) is 5.75 Å². The Labute approximate surface area is 124 Å². The molecule has 0 radical (unpaired) electrons. The van der Waals surface area contributed by atoms with Crippen molar-refractivity contribution >= 4 is 21.2 Å². The van der Waals surface area contributed by atoms with Gasteiger partial charge < -0.3 is 8.92 Å². The van der Waals surface area contributed by atoms with Crippen LogP contribution in [0, 0.1) is 0 Å². The first-order chi connectivity index (χ1) is 9.95. The molecule has 0 aromatic heterocycles. The summed E-state index contributed by atoms with van der Waals surface area (Å²) in [6.45, 7) is 1.16. The first-order valence-electron chi connectivity index (χ1n) is 6.63. The molecule has 0 saturated carbocycles. The van der Waals surface area contributed by atoms with E-state index in [2.05, 4.69) is 8.92 Å². The van der Waals surface area contributed by atoms with Crippen molar-refractivity contribution in [2.45, 2.75) is 32.6 Å². The minimum atomic E-state index is -4.45.